The van der Waals surface area contributed by atoms with Gasteiger partial charge in [-0.05, 0) is 120 Å². The van der Waals surface area contributed by atoms with Crippen LogP contribution >= 0.6 is 0 Å². The molecule has 0 aromatic heterocycles. The fourth-order valence-electron chi connectivity index (χ4n) is 9.43. The lowest BCUT2D eigenvalue weighted by atomic mass is 9.79. The van der Waals surface area contributed by atoms with E-state index in [0.29, 0.717) is 5.92 Å². The third-order valence-corrected chi connectivity index (χ3v) is 12.2. The number of fused-ring (bicyclic) bond motifs is 4. The molecule has 8 aromatic rings. The molecule has 0 aliphatic heterocycles. The number of hydrogen-bond donors (Lipinski definition) is 0. The summed E-state index contributed by atoms with van der Waals surface area (Å²) in [6, 6.07) is 69.1. The highest BCUT2D eigenvalue weighted by molar-refractivity contribution is 5.97. The predicted molar refractivity (Wildman–Crippen MR) is 243 cm³/mol. The van der Waals surface area contributed by atoms with Crippen LogP contribution in [0.4, 0.5) is 11.4 Å². The van der Waals surface area contributed by atoms with Gasteiger partial charge in [-0.1, -0.05) is 191 Å². The largest absolute Gasteiger partial charge is 0.314 e. The van der Waals surface area contributed by atoms with Crippen LogP contribution in [0.3, 0.4) is 0 Å². The molecule has 0 saturated heterocycles. The Balaban J connectivity index is 1.05. The molecule has 8 aromatic carbocycles. The van der Waals surface area contributed by atoms with Gasteiger partial charge in [0.25, 0.3) is 0 Å². The maximum absolute atomic E-state index is 2.48. The Bertz CT molecular complexity index is 2810. The standard InChI is InChI=1S/C56H45N/c1-38-35-45(50-19-11-16-43-15-7-8-17-49(43)50)37-48(36-38)57(46-31-27-42(28-32-46)41-25-23-40(24-26-41)39-13-5-4-6-14-39)47-33-29-44(30-34-47)51-20-12-21-53-52-18-9-10-22-54(52)56(2,3)55(51)53/h4-35,37-38H,36H2,1-3H3. The van der Waals surface area contributed by atoms with Gasteiger partial charge in [0.1, 0.15) is 0 Å². The quantitative estimate of drug-likeness (QED) is 0.158. The second kappa shape index (κ2) is 14.1. The van der Waals surface area contributed by atoms with E-state index in [1.165, 1.54) is 83.2 Å². The summed E-state index contributed by atoms with van der Waals surface area (Å²) in [5, 5.41) is 2.55. The fourth-order valence-corrected chi connectivity index (χ4v) is 9.43. The van der Waals surface area contributed by atoms with E-state index in [1.54, 1.807) is 0 Å². The van der Waals surface area contributed by atoms with Gasteiger partial charge in [0.15, 0.2) is 0 Å². The van der Waals surface area contributed by atoms with E-state index in [9.17, 15) is 0 Å². The van der Waals surface area contributed by atoms with E-state index in [2.05, 4.69) is 226 Å². The zero-order valence-corrected chi connectivity index (χ0v) is 32.8. The topological polar surface area (TPSA) is 3.24 Å². The van der Waals surface area contributed by atoms with Gasteiger partial charge in [-0.25, -0.2) is 0 Å². The summed E-state index contributed by atoms with van der Waals surface area (Å²) in [4.78, 5) is 2.48. The van der Waals surface area contributed by atoms with E-state index >= 15 is 0 Å². The van der Waals surface area contributed by atoms with Gasteiger partial charge < -0.3 is 4.90 Å². The summed E-state index contributed by atoms with van der Waals surface area (Å²) in [6.07, 6.45) is 5.82. The van der Waals surface area contributed by atoms with Gasteiger partial charge >= 0.3 is 0 Å². The van der Waals surface area contributed by atoms with Gasteiger partial charge in [0.05, 0.1) is 0 Å². The Hall–Kier alpha value is -6.70. The lowest BCUT2D eigenvalue weighted by molar-refractivity contribution is 0.662. The number of benzene rings is 8. The van der Waals surface area contributed by atoms with Crippen LogP contribution in [0, 0.1) is 5.92 Å². The maximum atomic E-state index is 2.48. The number of anilines is 2. The van der Waals surface area contributed by atoms with Crippen molar-refractivity contribution in [3.8, 4) is 44.5 Å². The third kappa shape index (κ3) is 6.21. The first-order chi connectivity index (χ1) is 27.9. The minimum atomic E-state index is -0.0791. The van der Waals surface area contributed by atoms with Gasteiger partial charge in [-0.2, -0.15) is 0 Å². The van der Waals surface area contributed by atoms with E-state index in [4.69, 9.17) is 0 Å². The van der Waals surface area contributed by atoms with Crippen molar-refractivity contribution in [2.45, 2.75) is 32.6 Å². The normalized spacial score (nSPS) is 15.4. The summed E-state index contributed by atoms with van der Waals surface area (Å²) < 4.78 is 0. The molecule has 1 atom stereocenters. The first-order valence-electron chi connectivity index (χ1n) is 20.2. The fraction of sp³-hybridized carbons (Fsp3) is 0.107. The minimum Gasteiger partial charge on any atom is -0.314 e. The van der Waals surface area contributed by atoms with E-state index in [0.717, 1.165) is 17.8 Å². The van der Waals surface area contributed by atoms with Crippen molar-refractivity contribution in [1.82, 2.24) is 0 Å². The van der Waals surface area contributed by atoms with Crippen LogP contribution in [0.25, 0.3) is 60.9 Å². The summed E-state index contributed by atoms with van der Waals surface area (Å²) in [5.74, 6) is 0.374. The van der Waals surface area contributed by atoms with Gasteiger partial charge in [0.2, 0.25) is 0 Å². The predicted octanol–water partition coefficient (Wildman–Crippen LogP) is 15.3. The Kier molecular flexibility index (Phi) is 8.60. The Morgan fingerprint density at radius 3 is 1.68 bits per heavy atom. The van der Waals surface area contributed by atoms with Crippen molar-refractivity contribution in [2.24, 2.45) is 5.92 Å². The van der Waals surface area contributed by atoms with Crippen LogP contribution in [0.15, 0.2) is 206 Å². The summed E-state index contributed by atoms with van der Waals surface area (Å²) in [5.41, 5.74) is 19.0. The van der Waals surface area contributed by atoms with E-state index in [-0.39, 0.29) is 5.41 Å². The molecule has 0 bridgehead atoms. The molecule has 0 radical (unpaired) electrons. The molecule has 0 N–H and O–H groups in total. The van der Waals surface area contributed by atoms with Crippen molar-refractivity contribution in [2.75, 3.05) is 4.90 Å². The summed E-state index contributed by atoms with van der Waals surface area (Å²) in [6.45, 7) is 7.09. The molecular weight excluding hydrogens is 687 g/mol. The lowest BCUT2D eigenvalue weighted by Crippen LogP contribution is -2.20. The zero-order valence-electron chi connectivity index (χ0n) is 32.8. The molecule has 2 aliphatic carbocycles. The minimum absolute atomic E-state index is 0.0791. The Morgan fingerprint density at radius 1 is 0.456 bits per heavy atom. The third-order valence-electron chi connectivity index (χ3n) is 12.2. The van der Waals surface area contributed by atoms with Crippen LogP contribution in [0.2, 0.25) is 0 Å². The SMILES string of the molecule is CC1C=C(c2cccc3ccccc23)C=C(N(c2ccc(-c3ccc(-c4ccccc4)cc3)cc2)c2ccc(-c3cccc4c3C(C)(C)c3ccccc3-4)cc2)C1. The first-order valence-corrected chi connectivity index (χ1v) is 20.2. The molecule has 1 unspecified atom stereocenters. The van der Waals surface area contributed by atoms with E-state index < -0.39 is 0 Å². The Morgan fingerprint density at radius 2 is 0.965 bits per heavy atom. The molecule has 1 heteroatoms. The van der Waals surface area contributed by atoms with Crippen LogP contribution in [0.5, 0.6) is 0 Å². The molecule has 0 fully saturated rings. The molecule has 0 amide bonds. The smallest absolute Gasteiger partial charge is 0.0458 e. The number of nitrogens with zero attached hydrogens (tertiary/aromatic N) is 1. The molecule has 10 rings (SSSR count). The van der Waals surface area contributed by atoms with Crippen LogP contribution in [0.1, 0.15) is 43.9 Å². The van der Waals surface area contributed by atoms with E-state index in [1.807, 2.05) is 0 Å². The average molecular weight is 732 g/mol. The molecule has 0 spiro atoms. The van der Waals surface area contributed by atoms with Crippen molar-refractivity contribution in [1.29, 1.82) is 0 Å². The molecule has 2 aliphatic rings. The van der Waals surface area contributed by atoms with Crippen LogP contribution in [-0.2, 0) is 5.41 Å². The van der Waals surface area contributed by atoms with Gasteiger partial charge in [0, 0.05) is 22.5 Å². The number of rotatable bonds is 7. The highest BCUT2D eigenvalue weighted by Gasteiger charge is 2.37. The van der Waals surface area contributed by atoms with Crippen molar-refractivity contribution in [3.63, 3.8) is 0 Å². The van der Waals surface area contributed by atoms with Crippen molar-refractivity contribution < 1.29 is 0 Å². The van der Waals surface area contributed by atoms with Crippen LogP contribution < -0.4 is 4.90 Å². The number of allylic oxidation sites excluding steroid dienone is 4. The molecule has 0 heterocycles. The molecule has 1 nitrogen and oxygen atoms in total. The van der Waals surface area contributed by atoms with Crippen LogP contribution in [-0.4, -0.2) is 0 Å². The number of hydrogen-bond acceptors (Lipinski definition) is 1. The maximum Gasteiger partial charge on any atom is 0.0458 e. The second-order valence-electron chi connectivity index (χ2n) is 16.2. The molecule has 57 heavy (non-hydrogen) atoms. The van der Waals surface area contributed by atoms with Crippen molar-refractivity contribution >= 4 is 27.7 Å². The summed E-state index contributed by atoms with van der Waals surface area (Å²) in [7, 11) is 0. The molecular formula is C56H45N. The zero-order chi connectivity index (χ0) is 38.5. The van der Waals surface area contributed by atoms with Gasteiger partial charge in [-0.15, -0.1) is 0 Å². The lowest BCUT2D eigenvalue weighted by Gasteiger charge is -2.32. The average Bonchev–Trinajstić information content (AvgIpc) is 3.50. The van der Waals surface area contributed by atoms with Crippen molar-refractivity contribution in [3.05, 3.63) is 223 Å². The second-order valence-corrected chi connectivity index (χ2v) is 16.2. The highest BCUT2D eigenvalue weighted by atomic mass is 15.1. The molecule has 0 saturated carbocycles. The summed E-state index contributed by atoms with van der Waals surface area (Å²) >= 11 is 0. The molecule has 274 valence electrons. The monoisotopic (exact) mass is 731 g/mol. The Labute approximate surface area is 336 Å². The van der Waals surface area contributed by atoms with Gasteiger partial charge in [-0.3, -0.25) is 0 Å². The highest BCUT2D eigenvalue weighted by Crippen LogP contribution is 2.52. The first kappa shape index (κ1) is 34.8.